The van der Waals surface area contributed by atoms with E-state index in [1.807, 2.05) is 0 Å². The van der Waals surface area contributed by atoms with Gasteiger partial charge in [-0.05, 0) is 6.07 Å². The van der Waals surface area contributed by atoms with Crippen molar-refractivity contribution in [2.75, 3.05) is 7.11 Å². The average Bonchev–Trinajstić information content (AvgIpc) is 2.19. The summed E-state index contributed by atoms with van der Waals surface area (Å²) in [6.07, 6.45) is 1.27. The van der Waals surface area contributed by atoms with E-state index < -0.39 is 5.82 Å². The van der Waals surface area contributed by atoms with Crippen LogP contribution < -0.4 is 10.3 Å². The number of aromatic nitrogens is 2. The van der Waals surface area contributed by atoms with E-state index in [2.05, 4.69) is 9.97 Å². The van der Waals surface area contributed by atoms with Crippen LogP contribution in [0.5, 0.6) is 5.75 Å². The van der Waals surface area contributed by atoms with Crippen molar-refractivity contribution in [3.63, 3.8) is 0 Å². The summed E-state index contributed by atoms with van der Waals surface area (Å²) in [5, 5.41) is 0.214. The lowest BCUT2D eigenvalue weighted by Gasteiger charge is -2.02. The molecule has 0 aliphatic rings. The van der Waals surface area contributed by atoms with Gasteiger partial charge in [-0.15, -0.1) is 0 Å². The van der Waals surface area contributed by atoms with Crippen molar-refractivity contribution in [3.8, 4) is 5.75 Å². The van der Waals surface area contributed by atoms with Crippen molar-refractivity contribution < 1.29 is 9.13 Å². The van der Waals surface area contributed by atoms with Gasteiger partial charge in [0.05, 0.1) is 24.3 Å². The number of H-pyrrole nitrogens is 1. The van der Waals surface area contributed by atoms with Gasteiger partial charge in [0, 0.05) is 6.07 Å². The topological polar surface area (TPSA) is 55.0 Å². The lowest BCUT2D eigenvalue weighted by Crippen LogP contribution is -2.06. The van der Waals surface area contributed by atoms with Crippen molar-refractivity contribution in [1.29, 1.82) is 0 Å². The molecule has 1 aromatic heterocycles. The second kappa shape index (κ2) is 3.10. The highest BCUT2D eigenvalue weighted by atomic mass is 19.1. The predicted molar refractivity (Wildman–Crippen MR) is 48.9 cm³/mol. The molecule has 0 aliphatic carbocycles. The predicted octanol–water partition coefficient (Wildman–Crippen LogP) is 1.07. The number of hydrogen-bond acceptors (Lipinski definition) is 3. The van der Waals surface area contributed by atoms with Gasteiger partial charge in [-0.2, -0.15) is 0 Å². The van der Waals surface area contributed by atoms with Gasteiger partial charge in [0.2, 0.25) is 0 Å². The molecule has 4 nitrogen and oxygen atoms in total. The normalized spacial score (nSPS) is 10.4. The zero-order chi connectivity index (χ0) is 10.1. The van der Waals surface area contributed by atoms with Crippen LogP contribution in [0.1, 0.15) is 0 Å². The van der Waals surface area contributed by atoms with Crippen LogP contribution in [0.2, 0.25) is 0 Å². The molecule has 0 unspecified atom stereocenters. The number of fused-ring (bicyclic) bond motifs is 1. The molecular formula is C9H7FN2O2. The number of rotatable bonds is 1. The number of nitrogens with zero attached hydrogens (tertiary/aromatic N) is 1. The highest BCUT2D eigenvalue weighted by Crippen LogP contribution is 2.20. The SMILES string of the molecule is COc1cc2nc[nH]c(=O)c2cc1F. The van der Waals surface area contributed by atoms with E-state index in [1.165, 1.54) is 19.5 Å². The number of methoxy groups -OCH3 is 1. The zero-order valence-electron chi connectivity index (χ0n) is 7.37. The first-order valence-electron chi connectivity index (χ1n) is 3.93. The summed E-state index contributed by atoms with van der Waals surface area (Å²) in [5.74, 6) is -0.492. The Morgan fingerprint density at radius 3 is 3.00 bits per heavy atom. The summed E-state index contributed by atoms with van der Waals surface area (Å²) in [5.41, 5.74) is 0.0450. The molecule has 14 heavy (non-hydrogen) atoms. The molecule has 5 heteroatoms. The van der Waals surface area contributed by atoms with Gasteiger partial charge < -0.3 is 9.72 Å². The number of ether oxygens (including phenoxy) is 1. The molecule has 0 bridgehead atoms. The summed E-state index contributed by atoms with van der Waals surface area (Å²) in [7, 11) is 1.36. The van der Waals surface area contributed by atoms with Crippen molar-refractivity contribution in [2.24, 2.45) is 0 Å². The van der Waals surface area contributed by atoms with Crippen LogP contribution in [0.4, 0.5) is 4.39 Å². The second-order valence-corrected chi connectivity index (χ2v) is 2.74. The lowest BCUT2D eigenvalue weighted by molar-refractivity contribution is 0.387. The van der Waals surface area contributed by atoms with Crippen molar-refractivity contribution in [3.05, 3.63) is 34.6 Å². The standard InChI is InChI=1S/C9H7FN2O2/c1-14-8-3-7-5(2-6(8)10)9(13)12-4-11-7/h2-4H,1H3,(H,11,12,13). The Bertz CT molecular complexity index is 536. The molecule has 2 rings (SSSR count). The van der Waals surface area contributed by atoms with Gasteiger partial charge in [-0.3, -0.25) is 4.79 Å². The van der Waals surface area contributed by atoms with Crippen LogP contribution >= 0.6 is 0 Å². The van der Waals surface area contributed by atoms with Crippen LogP contribution in [0, 0.1) is 5.82 Å². The van der Waals surface area contributed by atoms with E-state index in [0.29, 0.717) is 5.52 Å². The number of halogens is 1. The fourth-order valence-electron chi connectivity index (χ4n) is 1.23. The van der Waals surface area contributed by atoms with Crippen molar-refractivity contribution in [2.45, 2.75) is 0 Å². The molecule has 2 aromatic rings. The maximum absolute atomic E-state index is 13.2. The molecule has 1 aromatic carbocycles. The van der Waals surface area contributed by atoms with E-state index in [1.54, 1.807) is 0 Å². The zero-order valence-corrected chi connectivity index (χ0v) is 7.37. The minimum Gasteiger partial charge on any atom is -0.494 e. The molecule has 0 saturated heterocycles. The van der Waals surface area contributed by atoms with E-state index in [9.17, 15) is 9.18 Å². The number of aromatic amines is 1. The monoisotopic (exact) mass is 194 g/mol. The molecule has 1 N–H and O–H groups in total. The van der Waals surface area contributed by atoms with E-state index in [-0.39, 0.29) is 16.7 Å². The minimum absolute atomic E-state index is 0.0793. The fraction of sp³-hybridized carbons (Fsp3) is 0.111. The third kappa shape index (κ3) is 1.22. The van der Waals surface area contributed by atoms with Gasteiger partial charge in [0.1, 0.15) is 0 Å². The highest BCUT2D eigenvalue weighted by molar-refractivity contribution is 5.78. The summed E-state index contributed by atoms with van der Waals surface area (Å²) < 4.78 is 18.0. The number of hydrogen-bond donors (Lipinski definition) is 1. The third-order valence-electron chi connectivity index (χ3n) is 1.91. The lowest BCUT2D eigenvalue weighted by atomic mass is 10.2. The van der Waals surface area contributed by atoms with Crippen LogP contribution in [-0.2, 0) is 0 Å². The largest absolute Gasteiger partial charge is 0.494 e. The smallest absolute Gasteiger partial charge is 0.258 e. The van der Waals surface area contributed by atoms with E-state index >= 15 is 0 Å². The van der Waals surface area contributed by atoms with Gasteiger partial charge in [0.25, 0.3) is 5.56 Å². The summed E-state index contributed by atoms with van der Waals surface area (Å²) >= 11 is 0. The Hall–Kier alpha value is -1.91. The Balaban J connectivity index is 2.86. The number of benzene rings is 1. The molecular weight excluding hydrogens is 187 g/mol. The molecule has 72 valence electrons. The van der Waals surface area contributed by atoms with Gasteiger partial charge in [0.15, 0.2) is 11.6 Å². The Labute approximate surface area is 78.4 Å². The first kappa shape index (κ1) is 8.68. The van der Waals surface area contributed by atoms with Crippen LogP contribution in [0.25, 0.3) is 10.9 Å². The maximum Gasteiger partial charge on any atom is 0.258 e. The van der Waals surface area contributed by atoms with Crippen LogP contribution in [-0.4, -0.2) is 17.1 Å². The molecule has 0 aliphatic heterocycles. The molecule has 0 saturated carbocycles. The summed E-state index contributed by atoms with van der Waals surface area (Å²) in [6.45, 7) is 0. The summed E-state index contributed by atoms with van der Waals surface area (Å²) in [6, 6.07) is 2.50. The Morgan fingerprint density at radius 2 is 2.29 bits per heavy atom. The molecule has 0 fully saturated rings. The molecule has 0 spiro atoms. The van der Waals surface area contributed by atoms with Crippen LogP contribution in [0.15, 0.2) is 23.3 Å². The van der Waals surface area contributed by atoms with Gasteiger partial charge >= 0.3 is 0 Å². The third-order valence-corrected chi connectivity index (χ3v) is 1.91. The molecule has 1 heterocycles. The first-order valence-corrected chi connectivity index (χ1v) is 3.93. The maximum atomic E-state index is 13.2. The Kier molecular flexibility index (Phi) is 1.92. The van der Waals surface area contributed by atoms with Gasteiger partial charge in [-0.25, -0.2) is 9.37 Å². The van der Waals surface area contributed by atoms with Gasteiger partial charge in [-0.1, -0.05) is 0 Å². The number of nitrogens with one attached hydrogen (secondary N) is 1. The van der Waals surface area contributed by atoms with E-state index in [4.69, 9.17) is 4.74 Å². The van der Waals surface area contributed by atoms with Crippen molar-refractivity contribution in [1.82, 2.24) is 9.97 Å². The Morgan fingerprint density at radius 1 is 1.50 bits per heavy atom. The first-order chi connectivity index (χ1) is 6.72. The minimum atomic E-state index is -0.571. The van der Waals surface area contributed by atoms with Crippen LogP contribution in [0.3, 0.4) is 0 Å². The fourth-order valence-corrected chi connectivity index (χ4v) is 1.23. The average molecular weight is 194 g/mol. The van der Waals surface area contributed by atoms with Crippen molar-refractivity contribution >= 4 is 10.9 Å². The quantitative estimate of drug-likeness (QED) is 0.738. The molecule has 0 radical (unpaired) electrons. The highest BCUT2D eigenvalue weighted by Gasteiger charge is 2.07. The molecule has 0 atom stereocenters. The second-order valence-electron chi connectivity index (χ2n) is 2.74. The van der Waals surface area contributed by atoms with E-state index in [0.717, 1.165) is 6.07 Å². The molecule has 0 amide bonds. The summed E-state index contributed by atoms with van der Waals surface area (Å²) in [4.78, 5) is 17.5.